The van der Waals surface area contributed by atoms with E-state index in [0.29, 0.717) is 18.8 Å². The number of carbonyl (C=O) groups excluding carboxylic acids is 4. The summed E-state index contributed by atoms with van der Waals surface area (Å²) in [6, 6.07) is 9.82. The van der Waals surface area contributed by atoms with Crippen LogP contribution in [0.5, 0.6) is 0 Å². The zero-order chi connectivity index (χ0) is 35.6. The van der Waals surface area contributed by atoms with Crippen LogP contribution in [0.15, 0.2) is 41.5 Å². The van der Waals surface area contributed by atoms with Gasteiger partial charge < -0.3 is 9.47 Å². The molecule has 266 valence electrons. The van der Waals surface area contributed by atoms with Crippen molar-refractivity contribution in [2.24, 2.45) is 56.2 Å². The van der Waals surface area contributed by atoms with E-state index in [2.05, 4.69) is 48.5 Å². The standard InChI is InChI=1S/C43H58O6/c1-26(2)33-29(44)23-42(36(47)48-25-27-13-11-10-12-14-27)21-20-40(8)28(34(33)42)15-16-31-39(7)19-22-43(35(46)37(3,4)24-32(45)49-43)38(5,6)30(39)17-18-41(31,40)9/h10-14,26,28,30-31H,15-25H2,1-9H3/t28-,30+,31-,39+,40-,41-,42-,43-/m1/s1. The van der Waals surface area contributed by atoms with E-state index in [1.807, 2.05) is 44.2 Å². The molecule has 0 unspecified atom stereocenters. The van der Waals surface area contributed by atoms with E-state index >= 15 is 0 Å². The van der Waals surface area contributed by atoms with Crippen LogP contribution in [0, 0.1) is 56.2 Å². The van der Waals surface area contributed by atoms with Crippen LogP contribution < -0.4 is 0 Å². The van der Waals surface area contributed by atoms with Gasteiger partial charge in [0, 0.05) is 17.3 Å². The summed E-state index contributed by atoms with van der Waals surface area (Å²) < 4.78 is 12.3. The zero-order valence-electron chi connectivity index (χ0n) is 31.4. The lowest BCUT2D eigenvalue weighted by Crippen LogP contribution is -2.72. The van der Waals surface area contributed by atoms with Crippen LogP contribution in [0.1, 0.15) is 132 Å². The number of fused-ring (bicyclic) bond motifs is 7. The Bertz CT molecular complexity index is 1630. The van der Waals surface area contributed by atoms with Gasteiger partial charge in [-0.2, -0.15) is 0 Å². The molecule has 0 aromatic heterocycles. The highest BCUT2D eigenvalue weighted by molar-refractivity contribution is 6.06. The predicted molar refractivity (Wildman–Crippen MR) is 188 cm³/mol. The summed E-state index contributed by atoms with van der Waals surface area (Å²) in [5.41, 5.74) is -0.397. The first kappa shape index (κ1) is 34.7. The quantitative estimate of drug-likeness (QED) is 0.297. The zero-order valence-corrected chi connectivity index (χ0v) is 31.4. The topological polar surface area (TPSA) is 86.7 Å². The first-order valence-electron chi connectivity index (χ1n) is 19.1. The van der Waals surface area contributed by atoms with Gasteiger partial charge in [0.15, 0.2) is 17.2 Å². The highest BCUT2D eigenvalue weighted by atomic mass is 16.6. The predicted octanol–water partition coefficient (Wildman–Crippen LogP) is 8.99. The molecule has 0 radical (unpaired) electrons. The van der Waals surface area contributed by atoms with E-state index in [1.165, 1.54) is 0 Å². The molecule has 4 saturated carbocycles. The Kier molecular flexibility index (Phi) is 7.70. The lowest BCUT2D eigenvalue weighted by molar-refractivity contribution is -0.260. The molecule has 8 atom stereocenters. The minimum atomic E-state index is -1.09. The maximum Gasteiger partial charge on any atom is 0.317 e. The molecule has 5 fully saturated rings. The first-order valence-corrected chi connectivity index (χ1v) is 19.1. The van der Waals surface area contributed by atoms with Crippen molar-refractivity contribution in [2.45, 2.75) is 139 Å². The number of rotatable bonds is 4. The molecular weight excluding hydrogens is 612 g/mol. The number of carbonyl (C=O) groups is 4. The second-order valence-electron chi connectivity index (χ2n) is 19.3. The van der Waals surface area contributed by atoms with Gasteiger partial charge in [-0.25, -0.2) is 0 Å². The smallest absolute Gasteiger partial charge is 0.317 e. The number of allylic oxidation sites excluding steroid dienone is 1. The highest BCUT2D eigenvalue weighted by Gasteiger charge is 2.75. The van der Waals surface area contributed by atoms with Crippen LogP contribution >= 0.6 is 0 Å². The highest BCUT2D eigenvalue weighted by Crippen LogP contribution is 2.78. The summed E-state index contributed by atoms with van der Waals surface area (Å²) in [5.74, 6) is 0.574. The minimum absolute atomic E-state index is 0.0187. The molecule has 1 aromatic carbocycles. The molecule has 1 aliphatic heterocycles. The summed E-state index contributed by atoms with van der Waals surface area (Å²) >= 11 is 0. The van der Waals surface area contributed by atoms with Crippen molar-refractivity contribution in [1.29, 1.82) is 0 Å². The van der Waals surface area contributed by atoms with Gasteiger partial charge in [0.1, 0.15) is 6.61 Å². The Morgan fingerprint density at radius 3 is 2.18 bits per heavy atom. The van der Waals surface area contributed by atoms with Crippen molar-refractivity contribution in [1.82, 2.24) is 0 Å². The van der Waals surface area contributed by atoms with Gasteiger partial charge in [0.05, 0.1) is 11.8 Å². The first-order chi connectivity index (χ1) is 22.8. The molecule has 1 aromatic rings. The van der Waals surface area contributed by atoms with Crippen molar-refractivity contribution < 1.29 is 28.7 Å². The van der Waals surface area contributed by atoms with Crippen LogP contribution in [-0.2, 0) is 35.3 Å². The molecule has 49 heavy (non-hydrogen) atoms. The van der Waals surface area contributed by atoms with E-state index < -0.39 is 21.8 Å². The van der Waals surface area contributed by atoms with Crippen molar-refractivity contribution in [3.8, 4) is 0 Å². The molecule has 0 N–H and O–H groups in total. The fourth-order valence-corrected chi connectivity index (χ4v) is 13.5. The van der Waals surface area contributed by atoms with E-state index in [-0.39, 0.29) is 77.0 Å². The molecule has 1 heterocycles. The molecular formula is C43H58O6. The second kappa shape index (κ2) is 10.9. The van der Waals surface area contributed by atoms with Gasteiger partial charge in [-0.15, -0.1) is 0 Å². The summed E-state index contributed by atoms with van der Waals surface area (Å²) in [5, 5.41) is 0. The van der Waals surface area contributed by atoms with Gasteiger partial charge in [-0.05, 0) is 108 Å². The Morgan fingerprint density at radius 2 is 1.51 bits per heavy atom. The monoisotopic (exact) mass is 670 g/mol. The van der Waals surface area contributed by atoms with Crippen LogP contribution in [0.3, 0.4) is 0 Å². The Morgan fingerprint density at radius 1 is 0.816 bits per heavy atom. The number of benzene rings is 1. The Labute approximate surface area is 293 Å². The van der Waals surface area contributed by atoms with E-state index in [0.717, 1.165) is 55.2 Å². The van der Waals surface area contributed by atoms with Crippen molar-refractivity contribution >= 4 is 23.5 Å². The van der Waals surface area contributed by atoms with Crippen molar-refractivity contribution in [2.75, 3.05) is 0 Å². The molecule has 6 aliphatic rings. The minimum Gasteiger partial charge on any atom is -0.460 e. The SMILES string of the molecule is CC(C)C1=C2[C@H]3CC[C@@H]4[C@@]5(C)CC[C@]6(OC(=O)CC(C)(C)C6=O)C(C)(C)[C@@H]5CC[C@@]4(C)[C@]3(C)CC[C@@]2(C(=O)OCc2ccccc2)CC1=O. The van der Waals surface area contributed by atoms with Gasteiger partial charge in [-0.3, -0.25) is 19.2 Å². The second-order valence-corrected chi connectivity index (χ2v) is 19.3. The van der Waals surface area contributed by atoms with Crippen LogP contribution in [0.4, 0.5) is 0 Å². The lowest BCUT2D eigenvalue weighted by Gasteiger charge is -2.73. The number of esters is 2. The molecule has 7 rings (SSSR count). The van der Waals surface area contributed by atoms with Crippen molar-refractivity contribution in [3.05, 3.63) is 47.0 Å². The molecule has 0 amide bonds. The number of ketones is 2. The third kappa shape index (κ3) is 4.43. The Hall–Kier alpha value is -2.76. The lowest BCUT2D eigenvalue weighted by atomic mass is 9.32. The fraction of sp³-hybridized carbons (Fsp3) is 0.721. The number of hydrogen-bond acceptors (Lipinski definition) is 6. The van der Waals surface area contributed by atoms with Gasteiger partial charge in [0.2, 0.25) is 0 Å². The van der Waals surface area contributed by atoms with E-state index in [9.17, 15) is 19.2 Å². The summed E-state index contributed by atoms with van der Waals surface area (Å²) in [6.07, 6.45) is 7.26. The summed E-state index contributed by atoms with van der Waals surface area (Å²) in [4.78, 5) is 55.5. The molecule has 1 spiro atoms. The maximum atomic E-state index is 14.3. The average molecular weight is 671 g/mol. The third-order valence-corrected chi connectivity index (χ3v) is 16.1. The van der Waals surface area contributed by atoms with E-state index in [4.69, 9.17) is 9.47 Å². The maximum absolute atomic E-state index is 14.3. The average Bonchev–Trinajstić information content (AvgIpc) is 3.34. The normalized spacial score (nSPS) is 42.2. The fourth-order valence-electron chi connectivity index (χ4n) is 13.5. The third-order valence-electron chi connectivity index (χ3n) is 16.1. The van der Waals surface area contributed by atoms with Gasteiger partial charge >= 0.3 is 11.9 Å². The van der Waals surface area contributed by atoms with Crippen LogP contribution in [-0.4, -0.2) is 29.1 Å². The summed E-state index contributed by atoms with van der Waals surface area (Å²) in [6.45, 7) is 20.1. The van der Waals surface area contributed by atoms with Gasteiger partial charge in [0.25, 0.3) is 0 Å². The molecule has 6 heteroatoms. The van der Waals surface area contributed by atoms with Crippen LogP contribution in [0.25, 0.3) is 0 Å². The molecule has 5 aliphatic carbocycles. The molecule has 6 nitrogen and oxygen atoms in total. The van der Waals surface area contributed by atoms with Gasteiger partial charge in [-0.1, -0.05) is 92.6 Å². The molecule has 1 saturated heterocycles. The summed E-state index contributed by atoms with van der Waals surface area (Å²) in [7, 11) is 0. The van der Waals surface area contributed by atoms with E-state index in [1.54, 1.807) is 0 Å². The number of Topliss-reactive ketones (excluding diaryl/α,β-unsaturated/α-hetero) is 2. The number of hydrogen-bond donors (Lipinski definition) is 0. The van der Waals surface area contributed by atoms with Crippen molar-refractivity contribution in [3.63, 3.8) is 0 Å². The number of ether oxygens (including phenoxy) is 2. The van der Waals surface area contributed by atoms with Crippen LogP contribution in [0.2, 0.25) is 0 Å². The Balaban J connectivity index is 1.24. The molecule has 0 bridgehead atoms. The largest absolute Gasteiger partial charge is 0.460 e.